The molecule has 2 aromatic rings. The van der Waals surface area contributed by atoms with Gasteiger partial charge in [0.15, 0.2) is 0 Å². The number of nitrogens with zero attached hydrogens (tertiary/aromatic N) is 4. The van der Waals surface area contributed by atoms with Crippen LogP contribution in [0.2, 0.25) is 0 Å². The molecule has 28 heavy (non-hydrogen) atoms. The SMILES string of the molecule is Cc1ccc(S(=O)(=O)N2CCN(CC(=O)NN=Cc3cccnc3)CC2)cc1. The van der Waals surface area contributed by atoms with Crippen molar-refractivity contribution in [1.29, 1.82) is 0 Å². The number of aromatic nitrogens is 1. The molecule has 2 heterocycles. The van der Waals surface area contributed by atoms with Gasteiger partial charge in [-0.1, -0.05) is 23.8 Å². The molecule has 148 valence electrons. The zero-order chi connectivity index (χ0) is 20.0. The Labute approximate surface area is 164 Å². The highest BCUT2D eigenvalue weighted by molar-refractivity contribution is 7.89. The summed E-state index contributed by atoms with van der Waals surface area (Å²) in [5.41, 5.74) is 4.28. The second-order valence-electron chi connectivity index (χ2n) is 6.57. The van der Waals surface area contributed by atoms with E-state index < -0.39 is 10.0 Å². The Bertz CT molecular complexity index is 922. The van der Waals surface area contributed by atoms with Crippen LogP contribution in [-0.2, 0) is 14.8 Å². The Hall–Kier alpha value is -2.62. The number of hydrogen-bond acceptors (Lipinski definition) is 6. The average Bonchev–Trinajstić information content (AvgIpc) is 2.69. The molecule has 3 rings (SSSR count). The van der Waals surface area contributed by atoms with Gasteiger partial charge in [0.25, 0.3) is 5.91 Å². The molecule has 0 bridgehead atoms. The minimum atomic E-state index is -3.50. The number of amides is 1. The third-order valence-electron chi connectivity index (χ3n) is 4.44. The summed E-state index contributed by atoms with van der Waals surface area (Å²) in [6.07, 6.45) is 4.83. The highest BCUT2D eigenvalue weighted by Gasteiger charge is 2.28. The smallest absolute Gasteiger partial charge is 0.254 e. The van der Waals surface area contributed by atoms with Crippen LogP contribution >= 0.6 is 0 Å². The summed E-state index contributed by atoms with van der Waals surface area (Å²) in [7, 11) is -3.50. The van der Waals surface area contributed by atoms with Crippen LogP contribution < -0.4 is 5.43 Å². The van der Waals surface area contributed by atoms with E-state index in [2.05, 4.69) is 15.5 Å². The molecule has 0 unspecified atom stereocenters. The first-order chi connectivity index (χ1) is 13.4. The van der Waals surface area contributed by atoms with Gasteiger partial charge in [0.1, 0.15) is 0 Å². The molecular weight excluding hydrogens is 378 g/mol. The Morgan fingerprint density at radius 3 is 2.54 bits per heavy atom. The van der Waals surface area contributed by atoms with E-state index in [0.29, 0.717) is 31.1 Å². The monoisotopic (exact) mass is 401 g/mol. The van der Waals surface area contributed by atoms with Crippen LogP contribution in [0.1, 0.15) is 11.1 Å². The van der Waals surface area contributed by atoms with Gasteiger partial charge in [0.05, 0.1) is 17.7 Å². The third kappa shape index (κ3) is 5.22. The summed E-state index contributed by atoms with van der Waals surface area (Å²) >= 11 is 0. The maximum atomic E-state index is 12.7. The van der Waals surface area contributed by atoms with Gasteiger partial charge in [-0.05, 0) is 25.1 Å². The van der Waals surface area contributed by atoms with Crippen molar-refractivity contribution < 1.29 is 13.2 Å². The number of hydrogen-bond donors (Lipinski definition) is 1. The van der Waals surface area contributed by atoms with E-state index in [1.54, 1.807) is 42.7 Å². The summed E-state index contributed by atoms with van der Waals surface area (Å²) in [5, 5.41) is 3.91. The lowest BCUT2D eigenvalue weighted by Crippen LogP contribution is -2.50. The maximum absolute atomic E-state index is 12.7. The lowest BCUT2D eigenvalue weighted by atomic mass is 10.2. The first kappa shape index (κ1) is 20.1. The number of sulfonamides is 1. The molecule has 1 aromatic heterocycles. The molecule has 1 aliphatic rings. The van der Waals surface area contributed by atoms with Crippen molar-refractivity contribution in [2.75, 3.05) is 32.7 Å². The average molecular weight is 401 g/mol. The Kier molecular flexibility index (Phi) is 6.50. The summed E-state index contributed by atoms with van der Waals surface area (Å²) in [4.78, 5) is 18.2. The molecular formula is C19H23N5O3S. The number of rotatable bonds is 6. The lowest BCUT2D eigenvalue weighted by Gasteiger charge is -2.33. The highest BCUT2D eigenvalue weighted by Crippen LogP contribution is 2.18. The second-order valence-corrected chi connectivity index (χ2v) is 8.51. The molecule has 1 amide bonds. The molecule has 1 fully saturated rings. The number of hydrazone groups is 1. The molecule has 0 atom stereocenters. The summed E-state index contributed by atoms with van der Waals surface area (Å²) in [5.74, 6) is -0.241. The van der Waals surface area contributed by atoms with Crippen LogP contribution in [0.3, 0.4) is 0 Å². The van der Waals surface area contributed by atoms with Crippen molar-refractivity contribution >= 4 is 22.1 Å². The molecule has 1 aliphatic heterocycles. The van der Waals surface area contributed by atoms with Crippen molar-refractivity contribution in [1.82, 2.24) is 19.6 Å². The molecule has 1 N–H and O–H groups in total. The molecule has 0 saturated carbocycles. The quantitative estimate of drug-likeness (QED) is 0.572. The van der Waals surface area contributed by atoms with Crippen molar-refractivity contribution in [2.45, 2.75) is 11.8 Å². The summed E-state index contributed by atoms with van der Waals surface area (Å²) < 4.78 is 26.9. The number of benzene rings is 1. The minimum absolute atomic E-state index is 0.169. The van der Waals surface area contributed by atoms with E-state index in [-0.39, 0.29) is 12.5 Å². The number of pyridine rings is 1. The number of carbonyl (C=O) groups is 1. The topological polar surface area (TPSA) is 95.0 Å². The largest absolute Gasteiger partial charge is 0.292 e. The summed E-state index contributed by atoms with van der Waals surface area (Å²) in [6, 6.07) is 10.5. The molecule has 0 aliphatic carbocycles. The molecule has 0 spiro atoms. The van der Waals surface area contributed by atoms with Gasteiger partial charge in [-0.15, -0.1) is 0 Å². The first-order valence-corrected chi connectivity index (χ1v) is 10.4. The molecule has 8 nitrogen and oxygen atoms in total. The molecule has 1 aromatic carbocycles. The minimum Gasteiger partial charge on any atom is -0.292 e. The number of aryl methyl sites for hydroxylation is 1. The predicted octanol–water partition coefficient (Wildman–Crippen LogP) is 0.847. The molecule has 0 radical (unpaired) electrons. The van der Waals surface area contributed by atoms with E-state index in [9.17, 15) is 13.2 Å². The van der Waals surface area contributed by atoms with Crippen LogP contribution in [0, 0.1) is 6.92 Å². The fraction of sp³-hybridized carbons (Fsp3) is 0.316. The van der Waals surface area contributed by atoms with Crippen molar-refractivity contribution in [3.63, 3.8) is 0 Å². The number of piperazine rings is 1. The van der Waals surface area contributed by atoms with Gasteiger partial charge in [-0.25, -0.2) is 13.8 Å². The molecule has 9 heteroatoms. The Morgan fingerprint density at radius 1 is 1.18 bits per heavy atom. The zero-order valence-electron chi connectivity index (χ0n) is 15.7. The van der Waals surface area contributed by atoms with Crippen molar-refractivity contribution in [3.05, 3.63) is 59.9 Å². The Morgan fingerprint density at radius 2 is 1.89 bits per heavy atom. The normalized spacial score (nSPS) is 16.3. The lowest BCUT2D eigenvalue weighted by molar-refractivity contribution is -0.122. The van der Waals surface area contributed by atoms with Crippen LogP contribution in [0.4, 0.5) is 0 Å². The Balaban J connectivity index is 1.48. The fourth-order valence-corrected chi connectivity index (χ4v) is 4.28. The third-order valence-corrected chi connectivity index (χ3v) is 6.36. The van der Waals surface area contributed by atoms with E-state index in [4.69, 9.17) is 0 Å². The second kappa shape index (κ2) is 9.05. The van der Waals surface area contributed by atoms with E-state index in [0.717, 1.165) is 11.1 Å². The van der Waals surface area contributed by atoms with Crippen LogP contribution in [-0.4, -0.2) is 67.5 Å². The van der Waals surface area contributed by atoms with Gasteiger partial charge in [-0.3, -0.25) is 14.7 Å². The van der Waals surface area contributed by atoms with Crippen LogP contribution in [0.15, 0.2) is 58.8 Å². The summed E-state index contributed by atoms with van der Waals surface area (Å²) in [6.45, 7) is 3.77. The van der Waals surface area contributed by atoms with Gasteiger partial charge in [-0.2, -0.15) is 9.41 Å². The van der Waals surface area contributed by atoms with Gasteiger partial charge < -0.3 is 0 Å². The standard InChI is InChI=1S/C19H23N5O3S/c1-16-4-6-18(7-5-16)28(26,27)24-11-9-23(10-12-24)15-19(25)22-21-14-17-3-2-8-20-13-17/h2-8,13-14H,9-12,15H2,1H3,(H,22,25). The number of nitrogens with one attached hydrogen (secondary N) is 1. The van der Waals surface area contributed by atoms with E-state index in [1.807, 2.05) is 17.9 Å². The first-order valence-electron chi connectivity index (χ1n) is 8.96. The van der Waals surface area contributed by atoms with Gasteiger partial charge in [0, 0.05) is 44.1 Å². The van der Waals surface area contributed by atoms with Crippen molar-refractivity contribution in [2.24, 2.45) is 5.10 Å². The van der Waals surface area contributed by atoms with Crippen LogP contribution in [0.25, 0.3) is 0 Å². The maximum Gasteiger partial charge on any atom is 0.254 e. The fourth-order valence-electron chi connectivity index (χ4n) is 2.86. The van der Waals surface area contributed by atoms with Gasteiger partial charge in [0.2, 0.25) is 10.0 Å². The van der Waals surface area contributed by atoms with Gasteiger partial charge >= 0.3 is 0 Å². The van der Waals surface area contributed by atoms with E-state index in [1.165, 1.54) is 10.5 Å². The predicted molar refractivity (Wildman–Crippen MR) is 106 cm³/mol. The molecule has 1 saturated heterocycles. The highest BCUT2D eigenvalue weighted by atomic mass is 32.2. The van der Waals surface area contributed by atoms with Crippen LogP contribution in [0.5, 0.6) is 0 Å². The number of carbonyl (C=O) groups excluding carboxylic acids is 1. The van der Waals surface area contributed by atoms with E-state index >= 15 is 0 Å². The zero-order valence-corrected chi connectivity index (χ0v) is 16.5. The van der Waals surface area contributed by atoms with Crippen molar-refractivity contribution in [3.8, 4) is 0 Å².